The van der Waals surface area contributed by atoms with Gasteiger partial charge in [-0.1, -0.05) is 0 Å². The lowest BCUT2D eigenvalue weighted by atomic mass is 9.93. The highest BCUT2D eigenvalue weighted by molar-refractivity contribution is 5.91. The van der Waals surface area contributed by atoms with Gasteiger partial charge in [0.2, 0.25) is 6.79 Å². The van der Waals surface area contributed by atoms with E-state index in [0.717, 1.165) is 42.9 Å². The fraction of sp³-hybridized carbons (Fsp3) is 0.389. The predicted octanol–water partition coefficient (Wildman–Crippen LogP) is 3.13. The normalized spacial score (nSPS) is 22.2. The second kappa shape index (κ2) is 6.47. The molecule has 4 rings (SSSR count). The number of nitrogens with one attached hydrogen (secondary N) is 1. The Bertz CT molecular complexity index is 704. The molecule has 6 nitrogen and oxygen atoms in total. The minimum atomic E-state index is -0.153. The van der Waals surface area contributed by atoms with Crippen molar-refractivity contribution in [2.45, 2.75) is 37.8 Å². The van der Waals surface area contributed by atoms with Crippen LogP contribution in [0.25, 0.3) is 0 Å². The van der Waals surface area contributed by atoms with Gasteiger partial charge in [-0.05, 0) is 49.9 Å². The first-order chi connectivity index (χ1) is 11.8. The standard InChI is InChI=1S/C18H19NO5/c20-18(16-2-1-9-21-16)19-12-3-5-13(6-4-12)24-14-7-8-15-17(10-14)23-11-22-15/h1-2,7-10,12-13H,3-6,11H2,(H,19,20). The van der Waals surface area contributed by atoms with Crippen LogP contribution in [0.4, 0.5) is 0 Å². The average molecular weight is 329 g/mol. The summed E-state index contributed by atoms with van der Waals surface area (Å²) < 4.78 is 21.8. The number of hydrogen-bond donors (Lipinski definition) is 1. The van der Waals surface area contributed by atoms with Gasteiger partial charge in [0.05, 0.1) is 12.4 Å². The molecule has 0 radical (unpaired) electrons. The molecule has 1 fully saturated rings. The summed E-state index contributed by atoms with van der Waals surface area (Å²) >= 11 is 0. The molecule has 6 heteroatoms. The lowest BCUT2D eigenvalue weighted by molar-refractivity contribution is 0.0867. The van der Waals surface area contributed by atoms with Gasteiger partial charge in [-0.3, -0.25) is 4.79 Å². The molecule has 1 aliphatic heterocycles. The minimum Gasteiger partial charge on any atom is -0.490 e. The molecule has 2 aliphatic rings. The van der Waals surface area contributed by atoms with Gasteiger partial charge in [0.25, 0.3) is 5.91 Å². The third-order valence-electron chi connectivity index (χ3n) is 4.40. The van der Waals surface area contributed by atoms with Gasteiger partial charge < -0.3 is 23.9 Å². The van der Waals surface area contributed by atoms with Crippen LogP contribution in [-0.2, 0) is 0 Å². The van der Waals surface area contributed by atoms with Crippen molar-refractivity contribution in [3.05, 3.63) is 42.4 Å². The number of carbonyl (C=O) groups is 1. The fourth-order valence-electron chi connectivity index (χ4n) is 3.13. The molecule has 0 bridgehead atoms. The van der Waals surface area contributed by atoms with Gasteiger partial charge in [0.15, 0.2) is 17.3 Å². The highest BCUT2D eigenvalue weighted by atomic mass is 16.7. The van der Waals surface area contributed by atoms with E-state index in [-0.39, 0.29) is 24.8 Å². The number of hydrogen-bond acceptors (Lipinski definition) is 5. The van der Waals surface area contributed by atoms with Crippen LogP contribution in [0.3, 0.4) is 0 Å². The Morgan fingerprint density at radius 2 is 1.92 bits per heavy atom. The molecule has 1 aromatic carbocycles. The van der Waals surface area contributed by atoms with Crippen molar-refractivity contribution in [3.63, 3.8) is 0 Å². The highest BCUT2D eigenvalue weighted by Gasteiger charge is 2.25. The summed E-state index contributed by atoms with van der Waals surface area (Å²) in [6.07, 6.45) is 5.24. The summed E-state index contributed by atoms with van der Waals surface area (Å²) in [4.78, 5) is 12.0. The maximum Gasteiger partial charge on any atom is 0.287 e. The van der Waals surface area contributed by atoms with Gasteiger partial charge >= 0.3 is 0 Å². The first-order valence-corrected chi connectivity index (χ1v) is 8.18. The maximum atomic E-state index is 12.0. The molecule has 0 saturated heterocycles. The van der Waals surface area contributed by atoms with Crippen LogP contribution in [0.15, 0.2) is 41.0 Å². The second-order valence-corrected chi connectivity index (χ2v) is 6.06. The zero-order valence-electron chi connectivity index (χ0n) is 13.2. The van der Waals surface area contributed by atoms with E-state index in [9.17, 15) is 4.79 Å². The molecule has 0 spiro atoms. The molecule has 1 aromatic heterocycles. The third kappa shape index (κ3) is 3.18. The number of amides is 1. The second-order valence-electron chi connectivity index (χ2n) is 6.06. The molecule has 126 valence electrons. The van der Waals surface area contributed by atoms with Crippen LogP contribution in [-0.4, -0.2) is 24.8 Å². The summed E-state index contributed by atoms with van der Waals surface area (Å²) in [7, 11) is 0. The average Bonchev–Trinajstić information content (AvgIpc) is 3.27. The van der Waals surface area contributed by atoms with Crippen LogP contribution in [0, 0.1) is 0 Å². The summed E-state index contributed by atoms with van der Waals surface area (Å²) in [5.41, 5.74) is 0. The molecule has 1 N–H and O–H groups in total. The number of benzene rings is 1. The molecule has 1 saturated carbocycles. The number of furan rings is 1. The van der Waals surface area contributed by atoms with E-state index >= 15 is 0 Å². The van der Waals surface area contributed by atoms with Crippen LogP contribution < -0.4 is 19.5 Å². The van der Waals surface area contributed by atoms with Crippen molar-refractivity contribution < 1.29 is 23.4 Å². The number of ether oxygens (including phenoxy) is 3. The Hall–Kier alpha value is -2.63. The van der Waals surface area contributed by atoms with Gasteiger partial charge in [-0.25, -0.2) is 0 Å². The van der Waals surface area contributed by atoms with Crippen LogP contribution in [0.5, 0.6) is 17.2 Å². The first-order valence-electron chi connectivity index (χ1n) is 8.18. The smallest absolute Gasteiger partial charge is 0.287 e. The lowest BCUT2D eigenvalue weighted by Gasteiger charge is -2.29. The van der Waals surface area contributed by atoms with E-state index < -0.39 is 0 Å². The Kier molecular flexibility index (Phi) is 4.02. The largest absolute Gasteiger partial charge is 0.490 e. The summed E-state index contributed by atoms with van der Waals surface area (Å²) in [6.45, 7) is 0.263. The Balaban J connectivity index is 1.28. The fourth-order valence-corrected chi connectivity index (χ4v) is 3.13. The quantitative estimate of drug-likeness (QED) is 0.933. The minimum absolute atomic E-state index is 0.153. The van der Waals surface area contributed by atoms with Crippen LogP contribution >= 0.6 is 0 Å². The molecule has 1 amide bonds. The maximum absolute atomic E-state index is 12.0. The lowest BCUT2D eigenvalue weighted by Crippen LogP contribution is -2.39. The van der Waals surface area contributed by atoms with Crippen molar-refractivity contribution >= 4 is 5.91 Å². The summed E-state index contributed by atoms with van der Waals surface area (Å²) in [5, 5.41) is 3.01. The molecule has 2 heterocycles. The zero-order valence-corrected chi connectivity index (χ0v) is 13.2. The van der Waals surface area contributed by atoms with E-state index in [4.69, 9.17) is 18.6 Å². The Morgan fingerprint density at radius 1 is 1.08 bits per heavy atom. The zero-order chi connectivity index (χ0) is 16.4. The number of carbonyl (C=O) groups excluding carboxylic acids is 1. The summed E-state index contributed by atoms with van der Waals surface area (Å²) in [5.74, 6) is 2.48. The molecule has 0 atom stereocenters. The molecule has 24 heavy (non-hydrogen) atoms. The molecule has 1 aliphatic carbocycles. The van der Waals surface area contributed by atoms with Crippen molar-refractivity contribution in [2.24, 2.45) is 0 Å². The van der Waals surface area contributed by atoms with Gasteiger partial charge in [-0.2, -0.15) is 0 Å². The first kappa shape index (κ1) is 14.9. The van der Waals surface area contributed by atoms with E-state index in [1.165, 1.54) is 6.26 Å². The molecule has 0 unspecified atom stereocenters. The van der Waals surface area contributed by atoms with Crippen molar-refractivity contribution in [1.29, 1.82) is 0 Å². The van der Waals surface area contributed by atoms with Gasteiger partial charge in [-0.15, -0.1) is 0 Å². The van der Waals surface area contributed by atoms with E-state index in [1.807, 2.05) is 18.2 Å². The number of fused-ring (bicyclic) bond motifs is 1. The van der Waals surface area contributed by atoms with Crippen molar-refractivity contribution in [2.75, 3.05) is 6.79 Å². The molecular formula is C18H19NO5. The van der Waals surface area contributed by atoms with E-state index in [0.29, 0.717) is 5.76 Å². The van der Waals surface area contributed by atoms with Crippen LogP contribution in [0.1, 0.15) is 36.2 Å². The topological polar surface area (TPSA) is 69.9 Å². The monoisotopic (exact) mass is 329 g/mol. The Morgan fingerprint density at radius 3 is 2.71 bits per heavy atom. The highest BCUT2D eigenvalue weighted by Crippen LogP contribution is 2.36. The SMILES string of the molecule is O=C(NC1CCC(Oc2ccc3c(c2)OCO3)CC1)c1ccco1. The number of rotatable bonds is 4. The van der Waals surface area contributed by atoms with E-state index in [2.05, 4.69) is 5.32 Å². The molecule has 2 aromatic rings. The third-order valence-corrected chi connectivity index (χ3v) is 4.40. The van der Waals surface area contributed by atoms with Gasteiger partial charge in [0.1, 0.15) is 5.75 Å². The predicted molar refractivity (Wildman–Crippen MR) is 85.4 cm³/mol. The van der Waals surface area contributed by atoms with E-state index in [1.54, 1.807) is 12.1 Å². The Labute approximate surface area is 139 Å². The van der Waals surface area contributed by atoms with Crippen LogP contribution in [0.2, 0.25) is 0 Å². The van der Waals surface area contributed by atoms with Gasteiger partial charge in [0, 0.05) is 12.1 Å². The van der Waals surface area contributed by atoms with Crippen molar-refractivity contribution in [1.82, 2.24) is 5.32 Å². The van der Waals surface area contributed by atoms with Crippen molar-refractivity contribution in [3.8, 4) is 17.2 Å². The summed E-state index contributed by atoms with van der Waals surface area (Å²) in [6, 6.07) is 9.19. The molecular weight excluding hydrogens is 310 g/mol.